The Morgan fingerprint density at radius 1 is 1.57 bits per heavy atom. The molecule has 0 rings (SSSR count). The third-order valence-corrected chi connectivity index (χ3v) is 4.73. The van der Waals surface area contributed by atoms with Crippen molar-refractivity contribution in [1.82, 2.24) is 0 Å². The molecule has 0 N–H and O–H groups in total. The van der Waals surface area contributed by atoms with Crippen molar-refractivity contribution < 1.29 is 0 Å². The monoisotopic (exact) mass is 240 g/mol. The molecular formula is C4H7Cl2In. The first-order valence-electron chi connectivity index (χ1n) is 2.16. The topological polar surface area (TPSA) is 0 Å². The summed E-state index contributed by atoms with van der Waals surface area (Å²) in [6, 6.07) is 0. The summed E-state index contributed by atoms with van der Waals surface area (Å²) < 4.78 is 0.960. The zero-order valence-corrected chi connectivity index (χ0v) is 9.00. The second-order valence-corrected chi connectivity index (χ2v) is 13.3. The molecule has 0 fully saturated rings. The quantitative estimate of drug-likeness (QED) is 0.651. The first-order chi connectivity index (χ1) is 3.27. The molecule has 0 spiro atoms. The molecule has 0 nitrogen and oxygen atoms in total. The summed E-state index contributed by atoms with van der Waals surface area (Å²) in [5.41, 5.74) is 0. The van der Waals surface area contributed by atoms with Gasteiger partial charge in [-0.05, 0) is 0 Å². The summed E-state index contributed by atoms with van der Waals surface area (Å²) in [5, 5.41) is 0. The van der Waals surface area contributed by atoms with Gasteiger partial charge in [0.2, 0.25) is 0 Å². The Labute approximate surface area is 59.2 Å². The summed E-state index contributed by atoms with van der Waals surface area (Å²) in [6.45, 7) is 1.97. The predicted octanol–water partition coefficient (Wildman–Crippen LogP) is 2.53. The van der Waals surface area contributed by atoms with Gasteiger partial charge in [-0.25, -0.2) is 0 Å². The van der Waals surface area contributed by atoms with Gasteiger partial charge in [-0.1, -0.05) is 0 Å². The summed E-state index contributed by atoms with van der Waals surface area (Å²) in [4.78, 5) is 0. The van der Waals surface area contributed by atoms with Crippen molar-refractivity contribution in [1.29, 1.82) is 0 Å². The average molecular weight is 241 g/mol. The standard InChI is InChI=1S/C4H7.2ClH.In/c1-3-4-2;;;/h3-4H,1H2,2H3;2*1H;/q;;;+2/p-2. The van der Waals surface area contributed by atoms with Gasteiger partial charge in [0.25, 0.3) is 0 Å². The Bertz CT molecular complexity index is 60.7. The Hall–Kier alpha value is 1.19. The minimum absolute atomic E-state index is 0.960. The third-order valence-electron chi connectivity index (χ3n) is 0.550. The fourth-order valence-electron chi connectivity index (χ4n) is 0.239. The molecule has 0 aromatic rings. The van der Waals surface area contributed by atoms with Gasteiger partial charge in [0.1, 0.15) is 0 Å². The van der Waals surface area contributed by atoms with E-state index in [9.17, 15) is 0 Å². The van der Waals surface area contributed by atoms with Crippen molar-refractivity contribution in [2.24, 2.45) is 0 Å². The SMILES string of the molecule is CC=C[CH2][In]([Cl])[Cl]. The molecule has 40 valence electrons. The van der Waals surface area contributed by atoms with E-state index >= 15 is 0 Å². The van der Waals surface area contributed by atoms with Gasteiger partial charge in [-0.2, -0.15) is 0 Å². The van der Waals surface area contributed by atoms with E-state index in [4.69, 9.17) is 17.2 Å². The Balaban J connectivity index is 2.97. The predicted molar refractivity (Wildman–Crippen MR) is 37.1 cm³/mol. The molecule has 0 aromatic heterocycles. The van der Waals surface area contributed by atoms with Crippen LogP contribution in [0.1, 0.15) is 6.92 Å². The second kappa shape index (κ2) is 5.33. The number of hydrogen-bond acceptors (Lipinski definition) is 0. The van der Waals surface area contributed by atoms with Gasteiger partial charge < -0.3 is 0 Å². The first-order valence-corrected chi connectivity index (χ1v) is 12.8. The zero-order chi connectivity index (χ0) is 5.70. The number of hydrogen-bond donors (Lipinski definition) is 0. The summed E-state index contributed by atoms with van der Waals surface area (Å²) in [5.74, 6) is 0. The number of rotatable bonds is 2. The zero-order valence-electron chi connectivity index (χ0n) is 4.20. The van der Waals surface area contributed by atoms with Crippen LogP contribution in [0.15, 0.2) is 12.2 Å². The Morgan fingerprint density at radius 2 is 2.14 bits per heavy atom. The van der Waals surface area contributed by atoms with Crippen LogP contribution < -0.4 is 0 Å². The van der Waals surface area contributed by atoms with E-state index in [1.165, 1.54) is 0 Å². The Kier molecular flexibility index (Phi) is 6.24. The minimum atomic E-state index is -1.89. The van der Waals surface area contributed by atoms with Crippen LogP contribution in [0.4, 0.5) is 0 Å². The third kappa shape index (κ3) is 7.19. The van der Waals surface area contributed by atoms with Crippen molar-refractivity contribution in [3.8, 4) is 0 Å². The van der Waals surface area contributed by atoms with Gasteiger partial charge in [0, 0.05) is 0 Å². The van der Waals surface area contributed by atoms with E-state index in [1.54, 1.807) is 0 Å². The van der Waals surface area contributed by atoms with Crippen molar-refractivity contribution in [2.75, 3.05) is 0 Å². The fraction of sp³-hybridized carbons (Fsp3) is 0.500. The molecule has 0 amide bonds. The molecular weight excluding hydrogens is 234 g/mol. The molecule has 0 bridgehead atoms. The van der Waals surface area contributed by atoms with Crippen LogP contribution in [0.3, 0.4) is 0 Å². The average Bonchev–Trinajstić information content (AvgIpc) is 1.61. The molecule has 0 heterocycles. The van der Waals surface area contributed by atoms with Crippen LogP contribution in [0.25, 0.3) is 0 Å². The second-order valence-electron chi connectivity index (χ2n) is 1.20. The van der Waals surface area contributed by atoms with Crippen LogP contribution in [0.2, 0.25) is 4.18 Å². The molecule has 0 aromatic carbocycles. The van der Waals surface area contributed by atoms with E-state index in [1.807, 2.05) is 19.1 Å². The van der Waals surface area contributed by atoms with E-state index in [2.05, 4.69) is 0 Å². The van der Waals surface area contributed by atoms with Crippen molar-refractivity contribution in [3.05, 3.63) is 12.2 Å². The molecule has 0 saturated heterocycles. The maximum atomic E-state index is 5.58. The van der Waals surface area contributed by atoms with Crippen molar-refractivity contribution >= 4 is 36.2 Å². The van der Waals surface area contributed by atoms with E-state index in [0.717, 1.165) is 4.18 Å². The van der Waals surface area contributed by atoms with Gasteiger partial charge in [0.05, 0.1) is 0 Å². The van der Waals surface area contributed by atoms with E-state index < -0.39 is 19.1 Å². The first kappa shape index (κ1) is 8.19. The molecule has 0 atom stereocenters. The van der Waals surface area contributed by atoms with Gasteiger partial charge >= 0.3 is 59.5 Å². The van der Waals surface area contributed by atoms with Crippen LogP contribution in [0.5, 0.6) is 0 Å². The van der Waals surface area contributed by atoms with E-state index in [-0.39, 0.29) is 0 Å². The molecule has 7 heavy (non-hydrogen) atoms. The van der Waals surface area contributed by atoms with Crippen LogP contribution in [-0.2, 0) is 0 Å². The molecule has 0 radical (unpaired) electrons. The normalized spacial score (nSPS) is 10.1. The Morgan fingerprint density at radius 3 is 2.29 bits per heavy atom. The van der Waals surface area contributed by atoms with Crippen LogP contribution in [0, 0.1) is 0 Å². The van der Waals surface area contributed by atoms with Crippen molar-refractivity contribution in [3.63, 3.8) is 0 Å². The van der Waals surface area contributed by atoms with Gasteiger partial charge in [-0.3, -0.25) is 0 Å². The molecule has 3 heteroatoms. The summed E-state index contributed by atoms with van der Waals surface area (Å²) in [7, 11) is 11.2. The van der Waals surface area contributed by atoms with Crippen LogP contribution >= 0.6 is 17.2 Å². The fourth-order valence-corrected chi connectivity index (χ4v) is 2.98. The van der Waals surface area contributed by atoms with E-state index in [0.29, 0.717) is 0 Å². The summed E-state index contributed by atoms with van der Waals surface area (Å²) >= 11 is -1.89. The number of allylic oxidation sites excluding steroid dienone is 2. The molecule has 0 aliphatic carbocycles. The maximum absolute atomic E-state index is 5.58. The van der Waals surface area contributed by atoms with Crippen molar-refractivity contribution in [2.45, 2.75) is 11.1 Å². The summed E-state index contributed by atoms with van der Waals surface area (Å²) in [6.07, 6.45) is 4.01. The van der Waals surface area contributed by atoms with Crippen LogP contribution in [-0.4, -0.2) is 19.1 Å². The molecule has 0 unspecified atom stereocenters. The molecule has 0 aliphatic heterocycles. The number of halogens is 2. The molecule has 0 aliphatic rings. The molecule has 0 saturated carbocycles. The van der Waals surface area contributed by atoms with Gasteiger partial charge in [-0.15, -0.1) is 0 Å². The van der Waals surface area contributed by atoms with Gasteiger partial charge in [0.15, 0.2) is 0 Å².